The number of rotatable bonds is 5. The molecule has 1 aliphatic rings. The normalized spacial score (nSPS) is 20.4. The highest BCUT2D eigenvalue weighted by Crippen LogP contribution is 2.15. The van der Waals surface area contributed by atoms with Gasteiger partial charge in [0.05, 0.1) is 6.54 Å². The van der Waals surface area contributed by atoms with E-state index in [1.54, 1.807) is 12.4 Å². The summed E-state index contributed by atoms with van der Waals surface area (Å²) in [5.41, 5.74) is 0.914. The van der Waals surface area contributed by atoms with E-state index in [4.69, 9.17) is 12.2 Å². The molecule has 0 aromatic carbocycles. The first-order chi connectivity index (χ1) is 10.5. The van der Waals surface area contributed by atoms with Crippen LogP contribution in [-0.4, -0.2) is 39.1 Å². The van der Waals surface area contributed by atoms with Crippen molar-refractivity contribution >= 4 is 35.4 Å². The fraction of sp³-hybridized carbons (Fsp3) is 0.400. The first-order valence-electron chi connectivity index (χ1n) is 7.11. The lowest BCUT2D eigenvalue weighted by Crippen LogP contribution is -2.60. The monoisotopic (exact) mass is 318 g/mol. The molecule has 2 atom stereocenters. The molecule has 0 unspecified atom stereocenters. The molecule has 1 N–H and O–H groups in total. The largest absolute Gasteiger partial charge is 0.302 e. The molecule has 0 radical (unpaired) electrons. The number of amides is 2. The van der Waals surface area contributed by atoms with E-state index in [2.05, 4.69) is 15.3 Å². The zero-order valence-electron chi connectivity index (χ0n) is 12.5. The van der Waals surface area contributed by atoms with E-state index in [0.29, 0.717) is 6.54 Å². The van der Waals surface area contributed by atoms with Crippen LogP contribution in [0.1, 0.15) is 25.8 Å². The van der Waals surface area contributed by atoms with Crippen LogP contribution in [0.4, 0.5) is 0 Å². The predicted molar refractivity (Wildman–Crippen MR) is 87.3 cm³/mol. The molecule has 2 rings (SSSR count). The minimum Gasteiger partial charge on any atom is -0.302 e. The molecule has 2 heterocycles. The summed E-state index contributed by atoms with van der Waals surface area (Å²) in [6.07, 6.45) is 5.51. The molecule has 0 bridgehead atoms. The number of carbonyl (C=O) groups is 2. The van der Waals surface area contributed by atoms with Crippen molar-refractivity contribution in [2.45, 2.75) is 32.9 Å². The van der Waals surface area contributed by atoms with E-state index < -0.39 is 11.8 Å². The second-order valence-electron chi connectivity index (χ2n) is 5.09. The van der Waals surface area contributed by atoms with Crippen LogP contribution < -0.4 is 5.32 Å². The summed E-state index contributed by atoms with van der Waals surface area (Å²) in [5.74, 6) is -1.68. The SMILES string of the molecule is CC[C@H](C)N1C(=O)[C@H](C=NCc2cccnc2)C(=O)NC1=S. The molecular weight excluding hydrogens is 300 g/mol. The highest BCUT2D eigenvalue weighted by Gasteiger charge is 2.39. The lowest BCUT2D eigenvalue weighted by atomic mass is 10.0. The second-order valence-corrected chi connectivity index (χ2v) is 5.48. The molecule has 1 aromatic rings. The van der Waals surface area contributed by atoms with Crippen LogP contribution in [-0.2, 0) is 16.1 Å². The molecule has 7 heteroatoms. The summed E-state index contributed by atoms with van der Waals surface area (Å²) in [6.45, 7) is 4.23. The molecule has 6 nitrogen and oxygen atoms in total. The van der Waals surface area contributed by atoms with E-state index in [9.17, 15) is 9.59 Å². The van der Waals surface area contributed by atoms with Gasteiger partial charge in [0.2, 0.25) is 11.8 Å². The van der Waals surface area contributed by atoms with Crippen molar-refractivity contribution in [3.8, 4) is 0 Å². The number of nitrogens with one attached hydrogen (secondary N) is 1. The summed E-state index contributed by atoms with van der Waals surface area (Å²) in [7, 11) is 0. The van der Waals surface area contributed by atoms with E-state index in [1.165, 1.54) is 11.1 Å². The van der Waals surface area contributed by atoms with Gasteiger partial charge in [0, 0.05) is 24.7 Å². The third-order valence-corrected chi connectivity index (χ3v) is 3.82. The van der Waals surface area contributed by atoms with Gasteiger partial charge in [-0.15, -0.1) is 0 Å². The average Bonchev–Trinajstić information content (AvgIpc) is 2.51. The first-order valence-corrected chi connectivity index (χ1v) is 7.52. The minimum atomic E-state index is -0.933. The molecule has 0 spiro atoms. The van der Waals surface area contributed by atoms with E-state index in [1.807, 2.05) is 26.0 Å². The Morgan fingerprint density at radius 3 is 2.95 bits per heavy atom. The minimum absolute atomic E-state index is 0.0603. The van der Waals surface area contributed by atoms with Gasteiger partial charge in [0.15, 0.2) is 11.0 Å². The quantitative estimate of drug-likeness (QED) is 0.505. The van der Waals surface area contributed by atoms with Crippen LogP contribution in [0.2, 0.25) is 0 Å². The van der Waals surface area contributed by atoms with Gasteiger partial charge in [-0.1, -0.05) is 13.0 Å². The highest BCUT2D eigenvalue weighted by molar-refractivity contribution is 7.80. The Hall–Kier alpha value is -2.15. The number of aliphatic imine (C=N–C) groups is 1. The van der Waals surface area contributed by atoms with E-state index >= 15 is 0 Å². The standard InChI is InChI=1S/C15H18N4O2S/c1-3-10(2)19-14(21)12(13(20)18-15(19)22)9-17-8-11-5-4-6-16-7-11/h4-7,9-10,12H,3,8H2,1-2H3,(H,18,20,22)/t10-,12+/m0/s1. The second kappa shape index (κ2) is 7.22. The number of thiocarbonyl (C=S) groups is 1. The zero-order valence-corrected chi connectivity index (χ0v) is 13.3. The summed E-state index contributed by atoms with van der Waals surface area (Å²) in [5, 5.41) is 2.74. The van der Waals surface area contributed by atoms with Crippen LogP contribution >= 0.6 is 12.2 Å². The molecule has 1 fully saturated rings. The Labute approximate surface area is 134 Å². The van der Waals surface area contributed by atoms with Crippen molar-refractivity contribution in [1.82, 2.24) is 15.2 Å². The molecule has 0 aliphatic carbocycles. The van der Waals surface area contributed by atoms with Gasteiger partial charge < -0.3 is 5.32 Å². The van der Waals surface area contributed by atoms with Gasteiger partial charge in [-0.2, -0.15) is 0 Å². The first kappa shape index (κ1) is 16.2. The van der Waals surface area contributed by atoms with E-state index in [0.717, 1.165) is 12.0 Å². The summed E-state index contributed by atoms with van der Waals surface area (Å²) in [6, 6.07) is 3.63. The lowest BCUT2D eigenvalue weighted by Gasteiger charge is -2.34. The Kier molecular flexibility index (Phi) is 5.32. The number of aromatic nitrogens is 1. The van der Waals surface area contributed by atoms with Crippen molar-refractivity contribution in [1.29, 1.82) is 0 Å². The van der Waals surface area contributed by atoms with Gasteiger partial charge in [0.25, 0.3) is 0 Å². The molecule has 2 amide bonds. The van der Waals surface area contributed by atoms with Crippen LogP contribution in [0.5, 0.6) is 0 Å². The maximum Gasteiger partial charge on any atom is 0.247 e. The number of nitrogens with zero attached hydrogens (tertiary/aromatic N) is 3. The fourth-order valence-corrected chi connectivity index (χ4v) is 2.46. The average molecular weight is 318 g/mol. The highest BCUT2D eigenvalue weighted by atomic mass is 32.1. The third kappa shape index (κ3) is 3.54. The zero-order chi connectivity index (χ0) is 16.1. The predicted octanol–water partition coefficient (Wildman–Crippen LogP) is 1.31. The Balaban J connectivity index is 2.10. The molecule has 22 heavy (non-hydrogen) atoms. The van der Waals surface area contributed by atoms with Crippen molar-refractivity contribution in [3.05, 3.63) is 30.1 Å². The number of pyridine rings is 1. The number of hydrogen-bond donors (Lipinski definition) is 1. The topological polar surface area (TPSA) is 74.7 Å². The van der Waals surface area contributed by atoms with Crippen molar-refractivity contribution in [2.24, 2.45) is 10.9 Å². The lowest BCUT2D eigenvalue weighted by molar-refractivity contribution is -0.139. The summed E-state index contributed by atoms with van der Waals surface area (Å²) in [4.78, 5) is 34.1. The Morgan fingerprint density at radius 1 is 1.55 bits per heavy atom. The van der Waals surface area contributed by atoms with Crippen LogP contribution in [0.15, 0.2) is 29.5 Å². The Morgan fingerprint density at radius 2 is 2.32 bits per heavy atom. The van der Waals surface area contributed by atoms with Crippen LogP contribution in [0.25, 0.3) is 0 Å². The van der Waals surface area contributed by atoms with Gasteiger partial charge >= 0.3 is 0 Å². The van der Waals surface area contributed by atoms with Gasteiger partial charge in [-0.05, 0) is 37.2 Å². The summed E-state index contributed by atoms with van der Waals surface area (Å²) < 4.78 is 0. The molecule has 1 aromatic heterocycles. The Bertz CT molecular complexity index is 603. The molecular formula is C15H18N4O2S. The van der Waals surface area contributed by atoms with Crippen LogP contribution in [0.3, 0.4) is 0 Å². The van der Waals surface area contributed by atoms with Gasteiger partial charge in [-0.3, -0.25) is 24.5 Å². The molecule has 116 valence electrons. The van der Waals surface area contributed by atoms with Crippen LogP contribution in [0, 0.1) is 5.92 Å². The van der Waals surface area contributed by atoms with Crippen molar-refractivity contribution < 1.29 is 9.59 Å². The van der Waals surface area contributed by atoms with E-state index in [-0.39, 0.29) is 17.1 Å². The summed E-state index contributed by atoms with van der Waals surface area (Å²) >= 11 is 5.09. The maximum atomic E-state index is 12.5. The molecule has 0 saturated carbocycles. The molecule has 1 aliphatic heterocycles. The fourth-order valence-electron chi connectivity index (χ4n) is 2.09. The number of hydrogen-bond acceptors (Lipinski definition) is 5. The van der Waals surface area contributed by atoms with Gasteiger partial charge in [-0.25, -0.2) is 0 Å². The third-order valence-electron chi connectivity index (χ3n) is 3.52. The van der Waals surface area contributed by atoms with Gasteiger partial charge in [0.1, 0.15) is 0 Å². The van der Waals surface area contributed by atoms with Crippen molar-refractivity contribution in [2.75, 3.05) is 0 Å². The molecule has 1 saturated heterocycles. The maximum absolute atomic E-state index is 12.5. The van der Waals surface area contributed by atoms with Crippen molar-refractivity contribution in [3.63, 3.8) is 0 Å². The number of carbonyl (C=O) groups excluding carboxylic acids is 2. The smallest absolute Gasteiger partial charge is 0.247 e.